The first-order chi connectivity index (χ1) is 13.9. The Morgan fingerprint density at radius 3 is 2.72 bits per heavy atom. The van der Waals surface area contributed by atoms with E-state index in [1.54, 1.807) is 12.1 Å². The van der Waals surface area contributed by atoms with Gasteiger partial charge >= 0.3 is 12.6 Å². The summed E-state index contributed by atoms with van der Waals surface area (Å²) in [6.45, 7) is -1.57. The first-order valence-electron chi connectivity index (χ1n) is 8.61. The highest BCUT2D eigenvalue weighted by atomic mass is 19.3. The first kappa shape index (κ1) is 20.2. The van der Waals surface area contributed by atoms with E-state index in [1.807, 2.05) is 13.0 Å². The first-order valence-corrected chi connectivity index (χ1v) is 8.61. The average molecular weight is 404 g/mol. The molecule has 0 saturated heterocycles. The van der Waals surface area contributed by atoms with E-state index in [0.717, 1.165) is 5.56 Å². The highest BCUT2D eigenvalue weighted by Crippen LogP contribution is 2.29. The molecule has 0 saturated carbocycles. The molecule has 0 N–H and O–H groups in total. The van der Waals surface area contributed by atoms with Crippen molar-refractivity contribution in [1.29, 1.82) is 0 Å². The molecule has 0 aliphatic carbocycles. The number of benzene rings is 2. The minimum absolute atomic E-state index is 0.0872. The zero-order chi connectivity index (χ0) is 21.0. The topological polar surface area (TPSA) is 79.7 Å². The molecule has 1 aromatic heterocycles. The molecule has 152 valence electrons. The number of rotatable bonds is 7. The van der Waals surface area contributed by atoms with Gasteiger partial charge in [0, 0.05) is 0 Å². The van der Waals surface area contributed by atoms with E-state index >= 15 is 0 Å². The maximum atomic E-state index is 12.5. The predicted molar refractivity (Wildman–Crippen MR) is 100 cm³/mol. The Hall–Kier alpha value is -3.49. The van der Waals surface area contributed by atoms with Gasteiger partial charge in [0.1, 0.15) is 13.2 Å². The molecule has 3 aromatic rings. The second kappa shape index (κ2) is 8.68. The van der Waals surface area contributed by atoms with Crippen LogP contribution in [0.15, 0.2) is 47.5 Å². The van der Waals surface area contributed by atoms with Crippen LogP contribution in [-0.4, -0.2) is 29.2 Å². The van der Waals surface area contributed by atoms with E-state index in [-0.39, 0.29) is 30.2 Å². The Labute approximate surface area is 164 Å². The number of alkyl halides is 2. The molecule has 1 heterocycles. The summed E-state index contributed by atoms with van der Waals surface area (Å²) in [5, 5.41) is 0.416. The second-order valence-electron chi connectivity index (χ2n) is 6.17. The monoisotopic (exact) mass is 404 g/mol. The van der Waals surface area contributed by atoms with E-state index in [4.69, 9.17) is 9.47 Å². The number of carbonyl (C=O) groups is 1. The van der Waals surface area contributed by atoms with Gasteiger partial charge in [0.15, 0.2) is 11.5 Å². The number of fused-ring (bicyclic) bond motifs is 1. The fourth-order valence-corrected chi connectivity index (χ4v) is 2.79. The van der Waals surface area contributed by atoms with Crippen LogP contribution in [0.4, 0.5) is 8.78 Å². The smallest absolute Gasteiger partial charge is 0.387 e. The summed E-state index contributed by atoms with van der Waals surface area (Å²) in [5.41, 5.74) is 1.62. The number of carbonyl (C=O) groups excluding carboxylic acids is 1. The van der Waals surface area contributed by atoms with Crippen molar-refractivity contribution in [3.63, 3.8) is 0 Å². The number of hydrogen-bond acceptors (Lipinski definition) is 6. The molecule has 29 heavy (non-hydrogen) atoms. The van der Waals surface area contributed by atoms with Crippen LogP contribution in [0.25, 0.3) is 10.9 Å². The third-order valence-electron chi connectivity index (χ3n) is 4.20. The highest BCUT2D eigenvalue weighted by molar-refractivity contribution is 5.80. The fourth-order valence-electron chi connectivity index (χ4n) is 2.79. The Morgan fingerprint density at radius 1 is 1.21 bits per heavy atom. The quantitative estimate of drug-likeness (QED) is 0.563. The maximum absolute atomic E-state index is 12.5. The Balaban J connectivity index is 1.68. The van der Waals surface area contributed by atoms with Crippen molar-refractivity contribution in [1.82, 2.24) is 9.55 Å². The molecule has 0 radical (unpaired) electrons. The molecule has 7 nitrogen and oxygen atoms in total. The number of hydrogen-bond donors (Lipinski definition) is 0. The third kappa shape index (κ3) is 4.68. The summed E-state index contributed by atoms with van der Waals surface area (Å²) in [6.07, 6.45) is 1.30. The highest BCUT2D eigenvalue weighted by Gasteiger charge is 2.13. The molecular formula is C20H18F2N2O5. The number of aromatic nitrogens is 2. The molecule has 0 aliphatic rings. The molecule has 0 aliphatic heterocycles. The van der Waals surface area contributed by atoms with E-state index in [9.17, 15) is 18.4 Å². The molecule has 0 spiro atoms. The van der Waals surface area contributed by atoms with Gasteiger partial charge in [-0.05, 0) is 36.2 Å². The standard InChI is InChI=1S/C20H18F2N2O5/c1-12-4-3-5-14-18(12)23-11-24(19(14)26)9-17(25)28-10-13-6-7-15(29-20(21)22)16(8-13)27-2/h3-8,11,20H,9-10H2,1-2H3. The van der Waals surface area contributed by atoms with E-state index < -0.39 is 12.6 Å². The van der Waals surface area contributed by atoms with Crippen LogP contribution >= 0.6 is 0 Å². The van der Waals surface area contributed by atoms with Gasteiger partial charge in [0.2, 0.25) is 0 Å². The predicted octanol–water partition coefficient (Wildman–Crippen LogP) is 3.06. The van der Waals surface area contributed by atoms with Gasteiger partial charge in [0.25, 0.3) is 5.56 Å². The van der Waals surface area contributed by atoms with Crippen molar-refractivity contribution in [2.75, 3.05) is 7.11 Å². The average Bonchev–Trinajstić information content (AvgIpc) is 2.69. The summed E-state index contributed by atoms with van der Waals surface area (Å²) >= 11 is 0. The zero-order valence-corrected chi connectivity index (χ0v) is 15.7. The minimum atomic E-state index is -2.98. The van der Waals surface area contributed by atoms with Gasteiger partial charge in [-0.3, -0.25) is 14.2 Å². The van der Waals surface area contributed by atoms with E-state index in [1.165, 1.54) is 36.2 Å². The largest absolute Gasteiger partial charge is 0.493 e. The number of aryl methyl sites for hydroxylation is 1. The third-order valence-corrected chi connectivity index (χ3v) is 4.20. The lowest BCUT2D eigenvalue weighted by Crippen LogP contribution is -2.25. The summed E-state index contributed by atoms with van der Waals surface area (Å²) in [6, 6.07) is 9.44. The maximum Gasteiger partial charge on any atom is 0.387 e. The molecular weight excluding hydrogens is 386 g/mol. The summed E-state index contributed by atoms with van der Waals surface area (Å²) in [4.78, 5) is 28.9. The van der Waals surface area contributed by atoms with Crippen LogP contribution in [0.3, 0.4) is 0 Å². The van der Waals surface area contributed by atoms with Gasteiger partial charge in [-0.2, -0.15) is 8.78 Å². The van der Waals surface area contributed by atoms with Crippen LogP contribution in [0, 0.1) is 6.92 Å². The van der Waals surface area contributed by atoms with Gasteiger partial charge in [-0.15, -0.1) is 0 Å². The molecule has 0 atom stereocenters. The van der Waals surface area contributed by atoms with E-state index in [2.05, 4.69) is 9.72 Å². The van der Waals surface area contributed by atoms with Crippen molar-refractivity contribution in [3.05, 3.63) is 64.2 Å². The molecule has 0 unspecified atom stereocenters. The lowest BCUT2D eigenvalue weighted by Gasteiger charge is -2.12. The van der Waals surface area contributed by atoms with Crippen molar-refractivity contribution in [2.45, 2.75) is 26.7 Å². The summed E-state index contributed by atoms with van der Waals surface area (Å²) in [7, 11) is 1.31. The molecule has 9 heteroatoms. The molecule has 0 amide bonds. The van der Waals surface area contributed by atoms with Gasteiger partial charge < -0.3 is 14.2 Å². The van der Waals surface area contributed by atoms with Crippen LogP contribution in [0.5, 0.6) is 11.5 Å². The lowest BCUT2D eigenvalue weighted by atomic mass is 10.1. The summed E-state index contributed by atoms with van der Waals surface area (Å²) in [5.74, 6) is -0.682. The minimum Gasteiger partial charge on any atom is -0.493 e. The zero-order valence-electron chi connectivity index (χ0n) is 15.7. The van der Waals surface area contributed by atoms with E-state index in [0.29, 0.717) is 16.5 Å². The molecule has 0 bridgehead atoms. The molecule has 3 rings (SSSR count). The van der Waals surface area contributed by atoms with Crippen LogP contribution in [0.2, 0.25) is 0 Å². The van der Waals surface area contributed by atoms with Gasteiger partial charge in [-0.25, -0.2) is 4.98 Å². The number of esters is 1. The van der Waals surface area contributed by atoms with Crippen molar-refractivity contribution >= 4 is 16.9 Å². The number of halogens is 2. The molecule has 2 aromatic carbocycles. The number of ether oxygens (including phenoxy) is 3. The van der Waals surface area contributed by atoms with Gasteiger partial charge in [-0.1, -0.05) is 18.2 Å². The normalized spacial score (nSPS) is 10.9. The summed E-state index contributed by atoms with van der Waals surface area (Å²) < 4.78 is 40.4. The molecule has 0 fully saturated rings. The Bertz CT molecular complexity index is 1100. The number of nitrogens with zero attached hydrogens (tertiary/aromatic N) is 2. The van der Waals surface area contributed by atoms with Gasteiger partial charge in [0.05, 0.1) is 24.3 Å². The van der Waals surface area contributed by atoms with Crippen molar-refractivity contribution in [3.8, 4) is 11.5 Å². The lowest BCUT2D eigenvalue weighted by molar-refractivity contribution is -0.145. The second-order valence-corrected chi connectivity index (χ2v) is 6.17. The number of para-hydroxylation sites is 1. The number of methoxy groups -OCH3 is 1. The van der Waals surface area contributed by atoms with Crippen LogP contribution in [0.1, 0.15) is 11.1 Å². The fraction of sp³-hybridized carbons (Fsp3) is 0.250. The van der Waals surface area contributed by atoms with Crippen LogP contribution in [-0.2, 0) is 22.7 Å². The SMILES string of the molecule is COc1cc(COC(=O)Cn2cnc3c(C)cccc3c2=O)ccc1OC(F)F. The Kier molecular flexibility index (Phi) is 6.06. The van der Waals surface area contributed by atoms with Crippen molar-refractivity contribution in [2.24, 2.45) is 0 Å². The van der Waals surface area contributed by atoms with Crippen LogP contribution < -0.4 is 15.0 Å². The van der Waals surface area contributed by atoms with Crippen molar-refractivity contribution < 1.29 is 27.8 Å². The Morgan fingerprint density at radius 2 is 2.00 bits per heavy atom.